The van der Waals surface area contributed by atoms with Crippen LogP contribution >= 0.6 is 11.8 Å². The number of benzene rings is 2. The quantitative estimate of drug-likeness (QED) is 0.566. The van der Waals surface area contributed by atoms with Crippen molar-refractivity contribution in [1.82, 2.24) is 15.2 Å². The first kappa shape index (κ1) is 18.7. The number of carbonyl (C=O) groups excluding carboxylic acids is 1. The zero-order valence-electron chi connectivity index (χ0n) is 14.6. The first-order valence-corrected chi connectivity index (χ1v) is 9.31. The van der Waals surface area contributed by atoms with Gasteiger partial charge in [-0.3, -0.25) is 14.6 Å². The summed E-state index contributed by atoms with van der Waals surface area (Å²) in [6.45, 7) is 2.07. The van der Waals surface area contributed by atoms with Crippen LogP contribution in [0.1, 0.15) is 12.5 Å². The molecule has 0 saturated carbocycles. The summed E-state index contributed by atoms with van der Waals surface area (Å²) >= 11 is 1.09. The van der Waals surface area contributed by atoms with E-state index >= 15 is 0 Å². The molecular weight excluding hydrogens is 364 g/mol. The number of aromatic amines is 1. The molecule has 0 spiro atoms. The number of hydrogen-bond acceptors (Lipinski definition) is 6. The molecule has 3 rings (SSSR count). The Morgan fingerprint density at radius 3 is 2.44 bits per heavy atom. The van der Waals surface area contributed by atoms with Crippen LogP contribution in [-0.2, 0) is 11.2 Å². The molecule has 2 aromatic carbocycles. The van der Waals surface area contributed by atoms with Gasteiger partial charge in [0.1, 0.15) is 5.75 Å². The Kier molecular flexibility index (Phi) is 5.87. The van der Waals surface area contributed by atoms with Gasteiger partial charge in [0.15, 0.2) is 10.9 Å². The smallest absolute Gasteiger partial charge is 0.278 e. The molecule has 0 saturated heterocycles. The lowest BCUT2D eigenvalue weighted by Crippen LogP contribution is -2.17. The number of carbonyl (C=O) groups is 1. The second kappa shape index (κ2) is 8.50. The highest BCUT2D eigenvalue weighted by atomic mass is 32.2. The maximum absolute atomic E-state index is 12.2. The van der Waals surface area contributed by atoms with Gasteiger partial charge in [-0.25, -0.2) is 0 Å². The van der Waals surface area contributed by atoms with Gasteiger partial charge in [0.2, 0.25) is 5.91 Å². The van der Waals surface area contributed by atoms with E-state index in [0.29, 0.717) is 5.56 Å². The van der Waals surface area contributed by atoms with E-state index in [1.807, 2.05) is 24.3 Å². The van der Waals surface area contributed by atoms with Gasteiger partial charge in [0.25, 0.3) is 5.56 Å². The van der Waals surface area contributed by atoms with Crippen LogP contribution in [0.4, 0.5) is 5.69 Å². The minimum Gasteiger partial charge on any atom is -0.508 e. The van der Waals surface area contributed by atoms with Gasteiger partial charge in [-0.1, -0.05) is 30.8 Å². The number of aryl methyl sites for hydroxylation is 1. The number of aromatic nitrogens is 3. The molecule has 0 atom stereocenters. The van der Waals surface area contributed by atoms with Crippen molar-refractivity contribution in [2.45, 2.75) is 18.5 Å². The van der Waals surface area contributed by atoms with E-state index in [0.717, 1.165) is 23.9 Å². The fraction of sp³-hybridized carbons (Fsp3) is 0.158. The van der Waals surface area contributed by atoms with Gasteiger partial charge in [0.05, 0.1) is 5.75 Å². The number of phenols is 1. The Labute approximate surface area is 159 Å². The summed E-state index contributed by atoms with van der Waals surface area (Å²) in [4.78, 5) is 26.9. The summed E-state index contributed by atoms with van der Waals surface area (Å²) in [5, 5.41) is 20.3. The molecule has 0 fully saturated rings. The highest BCUT2D eigenvalue weighted by molar-refractivity contribution is 7.99. The number of aromatic hydroxyl groups is 1. The Bertz CT molecular complexity index is 985. The highest BCUT2D eigenvalue weighted by Gasteiger charge is 2.10. The number of nitrogens with zero attached hydrogens (tertiary/aromatic N) is 2. The molecule has 3 aromatic rings. The molecule has 1 heterocycles. The van der Waals surface area contributed by atoms with Crippen LogP contribution in [0.15, 0.2) is 58.5 Å². The Hall–Kier alpha value is -3.13. The molecule has 0 radical (unpaired) electrons. The number of nitrogens with one attached hydrogen (secondary N) is 2. The Morgan fingerprint density at radius 1 is 1.11 bits per heavy atom. The lowest BCUT2D eigenvalue weighted by molar-refractivity contribution is -0.113. The molecule has 0 aliphatic carbocycles. The van der Waals surface area contributed by atoms with E-state index in [4.69, 9.17) is 0 Å². The number of hydrogen-bond donors (Lipinski definition) is 3. The van der Waals surface area contributed by atoms with E-state index in [-0.39, 0.29) is 28.3 Å². The van der Waals surface area contributed by atoms with Gasteiger partial charge >= 0.3 is 0 Å². The van der Waals surface area contributed by atoms with Crippen LogP contribution in [0, 0.1) is 0 Å². The molecule has 1 amide bonds. The summed E-state index contributed by atoms with van der Waals surface area (Å²) in [7, 11) is 0. The number of phenolic OH excluding ortho intramolecular Hbond substituents is 1. The van der Waals surface area contributed by atoms with E-state index in [2.05, 4.69) is 27.4 Å². The van der Waals surface area contributed by atoms with Crippen molar-refractivity contribution in [2.75, 3.05) is 11.1 Å². The number of thioether (sulfide) groups is 1. The summed E-state index contributed by atoms with van der Waals surface area (Å²) in [5.74, 6) is -0.00113. The molecule has 8 heteroatoms. The number of amides is 1. The molecule has 0 aliphatic rings. The number of rotatable bonds is 6. The minimum absolute atomic E-state index is 0.0959. The predicted octanol–water partition coefficient (Wildman–Crippen LogP) is 2.83. The number of H-pyrrole nitrogens is 1. The molecule has 0 aliphatic heterocycles. The van der Waals surface area contributed by atoms with Crippen LogP contribution in [0.3, 0.4) is 0 Å². The average Bonchev–Trinajstić information content (AvgIpc) is 2.68. The standard InChI is InChI=1S/C19H18N4O3S/c1-2-12-3-7-14(8-4-12)20-16(25)11-27-19-21-18(26)17(22-23-19)13-5-9-15(24)10-6-13/h3-10,24H,2,11H2,1H3,(H,20,25)(H,21,23,26). The van der Waals surface area contributed by atoms with Crippen molar-refractivity contribution in [3.05, 3.63) is 64.4 Å². The van der Waals surface area contributed by atoms with Crippen molar-refractivity contribution in [2.24, 2.45) is 0 Å². The lowest BCUT2D eigenvalue weighted by Gasteiger charge is -2.06. The van der Waals surface area contributed by atoms with Gasteiger partial charge in [-0.05, 0) is 48.4 Å². The molecule has 0 bridgehead atoms. The summed E-state index contributed by atoms with van der Waals surface area (Å²) < 4.78 is 0. The van der Waals surface area contributed by atoms with Crippen molar-refractivity contribution in [3.8, 4) is 17.0 Å². The lowest BCUT2D eigenvalue weighted by atomic mass is 10.1. The normalized spacial score (nSPS) is 10.6. The molecular formula is C19H18N4O3S. The van der Waals surface area contributed by atoms with Crippen LogP contribution in [0.5, 0.6) is 5.75 Å². The van der Waals surface area contributed by atoms with E-state index in [9.17, 15) is 14.7 Å². The van der Waals surface area contributed by atoms with Crippen molar-refractivity contribution < 1.29 is 9.90 Å². The van der Waals surface area contributed by atoms with E-state index < -0.39 is 5.56 Å². The summed E-state index contributed by atoms with van der Waals surface area (Å²) in [5.41, 5.74) is 2.21. The average molecular weight is 382 g/mol. The Balaban J connectivity index is 1.60. The zero-order valence-corrected chi connectivity index (χ0v) is 15.4. The second-order valence-electron chi connectivity index (χ2n) is 5.74. The van der Waals surface area contributed by atoms with E-state index in [1.165, 1.54) is 17.7 Å². The number of anilines is 1. The molecule has 1 aromatic heterocycles. The second-order valence-corrected chi connectivity index (χ2v) is 6.71. The first-order chi connectivity index (χ1) is 13.0. The SMILES string of the molecule is CCc1ccc(NC(=O)CSc2nnc(-c3ccc(O)cc3)c(=O)[nH]2)cc1. The van der Waals surface area contributed by atoms with Crippen molar-refractivity contribution >= 4 is 23.4 Å². The van der Waals surface area contributed by atoms with Crippen LogP contribution in [-0.4, -0.2) is 31.9 Å². The molecule has 0 unspecified atom stereocenters. The third kappa shape index (κ3) is 4.95. The molecule has 3 N–H and O–H groups in total. The summed E-state index contributed by atoms with van der Waals surface area (Å²) in [6, 6.07) is 13.7. The molecule has 7 nitrogen and oxygen atoms in total. The minimum atomic E-state index is -0.409. The largest absolute Gasteiger partial charge is 0.508 e. The van der Waals surface area contributed by atoms with Crippen molar-refractivity contribution in [3.63, 3.8) is 0 Å². The van der Waals surface area contributed by atoms with Gasteiger partial charge in [0, 0.05) is 11.3 Å². The van der Waals surface area contributed by atoms with Crippen LogP contribution < -0.4 is 10.9 Å². The third-order valence-corrected chi connectivity index (χ3v) is 4.67. The van der Waals surface area contributed by atoms with Gasteiger partial charge in [-0.15, -0.1) is 10.2 Å². The van der Waals surface area contributed by atoms with Gasteiger partial charge < -0.3 is 10.4 Å². The fourth-order valence-electron chi connectivity index (χ4n) is 2.35. The predicted molar refractivity (Wildman–Crippen MR) is 105 cm³/mol. The van der Waals surface area contributed by atoms with Crippen LogP contribution in [0.25, 0.3) is 11.3 Å². The fourth-order valence-corrected chi connectivity index (χ4v) is 2.95. The van der Waals surface area contributed by atoms with Crippen LogP contribution in [0.2, 0.25) is 0 Å². The van der Waals surface area contributed by atoms with E-state index in [1.54, 1.807) is 12.1 Å². The zero-order chi connectivity index (χ0) is 19.2. The van der Waals surface area contributed by atoms with Crippen molar-refractivity contribution in [1.29, 1.82) is 0 Å². The maximum Gasteiger partial charge on any atom is 0.278 e. The highest BCUT2D eigenvalue weighted by Crippen LogP contribution is 2.18. The first-order valence-electron chi connectivity index (χ1n) is 8.33. The van der Waals surface area contributed by atoms with Gasteiger partial charge in [-0.2, -0.15) is 0 Å². The topological polar surface area (TPSA) is 108 Å². The third-order valence-electron chi connectivity index (χ3n) is 3.80. The molecule has 138 valence electrons. The Morgan fingerprint density at radius 2 is 1.81 bits per heavy atom. The maximum atomic E-state index is 12.2. The molecule has 27 heavy (non-hydrogen) atoms. The monoisotopic (exact) mass is 382 g/mol. The summed E-state index contributed by atoms with van der Waals surface area (Å²) in [6.07, 6.45) is 0.941.